The average Bonchev–Trinajstić information content (AvgIpc) is 2.54. The van der Waals surface area contributed by atoms with Gasteiger partial charge in [0, 0.05) is 31.0 Å². The molecule has 0 aromatic heterocycles. The van der Waals surface area contributed by atoms with Crippen LogP contribution < -0.4 is 20.9 Å². The molecular weight excluding hydrogens is 280 g/mol. The molecule has 22 heavy (non-hydrogen) atoms. The molecule has 0 fully saturated rings. The van der Waals surface area contributed by atoms with Crippen molar-refractivity contribution in [3.8, 4) is 35.8 Å². The van der Waals surface area contributed by atoms with E-state index in [1.807, 2.05) is 0 Å². The zero-order valence-electron chi connectivity index (χ0n) is 12.2. The maximum atomic E-state index is 11.7. The van der Waals surface area contributed by atoms with Crippen molar-refractivity contribution in [1.82, 2.24) is 0 Å². The van der Waals surface area contributed by atoms with Crippen LogP contribution in [0.15, 0.2) is 30.9 Å². The summed E-state index contributed by atoms with van der Waals surface area (Å²) in [4.78, 5) is 11.7. The lowest BCUT2D eigenvalue weighted by Crippen LogP contribution is -2.00. The molecule has 5 heteroatoms. The van der Waals surface area contributed by atoms with Crippen LogP contribution in [-0.4, -0.2) is 5.78 Å². The Labute approximate surface area is 130 Å². The van der Waals surface area contributed by atoms with Gasteiger partial charge in [0.25, 0.3) is 0 Å². The van der Waals surface area contributed by atoms with Crippen molar-refractivity contribution in [3.63, 3.8) is 0 Å². The van der Waals surface area contributed by atoms with Crippen LogP contribution in [0.5, 0.6) is 11.5 Å². The normalized spacial score (nSPS) is 8.73. The molecule has 0 spiro atoms. The molecule has 0 bridgehead atoms. The summed E-state index contributed by atoms with van der Waals surface area (Å²) >= 11 is 0. The molecule has 4 N–H and O–H groups in total. The molecule has 0 aliphatic rings. The Morgan fingerprint density at radius 2 is 1.68 bits per heavy atom. The number of ether oxygens (including phenoxy) is 2. The van der Waals surface area contributed by atoms with Crippen molar-refractivity contribution < 1.29 is 14.3 Å². The number of ketones is 1. The number of rotatable bonds is 8. The van der Waals surface area contributed by atoms with Gasteiger partial charge in [0.1, 0.15) is 29.5 Å². The molecule has 0 amide bonds. The predicted molar refractivity (Wildman–Crippen MR) is 84.4 cm³/mol. The van der Waals surface area contributed by atoms with E-state index in [0.29, 0.717) is 37.2 Å². The zero-order valence-corrected chi connectivity index (χ0v) is 12.2. The second-order valence-corrected chi connectivity index (χ2v) is 4.38. The molecule has 0 radical (unpaired) electrons. The van der Waals surface area contributed by atoms with Gasteiger partial charge >= 0.3 is 0 Å². The fourth-order valence-electron chi connectivity index (χ4n) is 1.74. The van der Waals surface area contributed by atoms with Crippen LogP contribution >= 0.6 is 0 Å². The number of allylic oxidation sites excluding steroid dienone is 1. The molecule has 0 unspecified atom stereocenters. The highest BCUT2D eigenvalue weighted by molar-refractivity contribution is 5.78. The van der Waals surface area contributed by atoms with Gasteiger partial charge in [0.2, 0.25) is 0 Å². The monoisotopic (exact) mass is 298 g/mol. The quantitative estimate of drug-likeness (QED) is 0.433. The Hall–Kier alpha value is -3.05. The Balaban J connectivity index is 2.80. The summed E-state index contributed by atoms with van der Waals surface area (Å²) in [6, 6.07) is 9.45. The topological polar surface area (TPSA) is 87.6 Å². The largest absolute Gasteiger partial charge is 0.406 e. The second kappa shape index (κ2) is 9.79. The van der Waals surface area contributed by atoms with Crippen molar-refractivity contribution in [2.75, 3.05) is 0 Å². The van der Waals surface area contributed by atoms with Gasteiger partial charge in [-0.1, -0.05) is 6.08 Å². The molecule has 0 aliphatic heterocycles. The first-order valence-electron chi connectivity index (χ1n) is 6.71. The SMILES string of the molecule is C=CCCC(=O)CCc1cc(OC#CN)cc(OC#CN)c1. The van der Waals surface area contributed by atoms with Gasteiger partial charge in [-0.15, -0.1) is 6.58 Å². The maximum Gasteiger partial charge on any atom is 0.144 e. The number of hydrogen-bond acceptors (Lipinski definition) is 5. The van der Waals surface area contributed by atoms with E-state index in [1.54, 1.807) is 24.3 Å². The maximum absolute atomic E-state index is 11.7. The lowest BCUT2D eigenvalue weighted by Gasteiger charge is -2.06. The van der Waals surface area contributed by atoms with Crippen molar-refractivity contribution in [1.29, 1.82) is 0 Å². The van der Waals surface area contributed by atoms with Crippen LogP contribution in [-0.2, 0) is 11.2 Å². The molecule has 0 saturated heterocycles. The van der Waals surface area contributed by atoms with Gasteiger partial charge in [0.15, 0.2) is 0 Å². The summed E-state index contributed by atoms with van der Waals surface area (Å²) < 4.78 is 10.3. The molecule has 0 heterocycles. The fraction of sp³-hybridized carbons (Fsp3) is 0.235. The average molecular weight is 298 g/mol. The van der Waals surface area contributed by atoms with Gasteiger partial charge in [0.05, 0.1) is 0 Å². The summed E-state index contributed by atoms with van der Waals surface area (Å²) in [5.41, 5.74) is 11.0. The predicted octanol–water partition coefficient (Wildman–Crippen LogP) is 1.67. The standard InChI is InChI=1S/C17H18N2O3/c1-2-3-4-15(20)6-5-14-11-16(21-9-7-18)13-17(12-14)22-10-8-19/h2,11-13H,1,3-6,18-19H2. The van der Waals surface area contributed by atoms with Crippen LogP contribution in [0.1, 0.15) is 24.8 Å². The Bertz CT molecular complexity index is 605. The van der Waals surface area contributed by atoms with Gasteiger partial charge in [-0.2, -0.15) is 0 Å². The minimum Gasteiger partial charge on any atom is -0.406 e. The molecule has 1 aromatic rings. The van der Waals surface area contributed by atoms with Crippen molar-refractivity contribution in [2.24, 2.45) is 11.5 Å². The van der Waals surface area contributed by atoms with Crippen LogP contribution in [0.3, 0.4) is 0 Å². The first-order chi connectivity index (χ1) is 10.7. The van der Waals surface area contributed by atoms with E-state index in [9.17, 15) is 4.79 Å². The molecule has 1 aromatic carbocycles. The number of Topliss-reactive ketones (excluding diaryl/α,β-unsaturated/α-hetero) is 1. The van der Waals surface area contributed by atoms with Crippen LogP contribution in [0.25, 0.3) is 0 Å². The minimum atomic E-state index is 0.178. The lowest BCUT2D eigenvalue weighted by molar-refractivity contribution is -0.118. The minimum absolute atomic E-state index is 0.178. The van der Waals surface area contributed by atoms with Crippen molar-refractivity contribution in [2.45, 2.75) is 25.7 Å². The fourth-order valence-corrected chi connectivity index (χ4v) is 1.74. The Morgan fingerprint density at radius 3 is 2.18 bits per heavy atom. The van der Waals surface area contributed by atoms with E-state index in [-0.39, 0.29) is 5.78 Å². The lowest BCUT2D eigenvalue weighted by atomic mass is 10.0. The van der Waals surface area contributed by atoms with Crippen molar-refractivity contribution >= 4 is 5.78 Å². The van der Waals surface area contributed by atoms with Crippen molar-refractivity contribution in [3.05, 3.63) is 36.4 Å². The molecule has 1 rings (SSSR count). The van der Waals surface area contributed by atoms with E-state index >= 15 is 0 Å². The second-order valence-electron chi connectivity index (χ2n) is 4.38. The number of carbonyl (C=O) groups is 1. The third kappa shape index (κ3) is 6.40. The molecule has 0 saturated carbocycles. The van der Waals surface area contributed by atoms with E-state index in [0.717, 1.165) is 5.56 Å². The molecule has 0 atom stereocenters. The number of nitrogens with two attached hydrogens (primary N) is 2. The number of benzene rings is 1. The Kier molecular flexibility index (Phi) is 7.57. The Morgan fingerprint density at radius 1 is 1.09 bits per heavy atom. The molecule has 0 aliphatic carbocycles. The van der Waals surface area contributed by atoms with E-state index in [2.05, 4.69) is 30.9 Å². The van der Waals surface area contributed by atoms with Crippen LogP contribution in [0.2, 0.25) is 0 Å². The van der Waals surface area contributed by atoms with Gasteiger partial charge in [-0.05, 0) is 30.5 Å². The highest BCUT2D eigenvalue weighted by Crippen LogP contribution is 2.24. The third-order valence-electron chi connectivity index (χ3n) is 2.72. The highest BCUT2D eigenvalue weighted by Gasteiger charge is 2.06. The van der Waals surface area contributed by atoms with Gasteiger partial charge in [-0.25, -0.2) is 0 Å². The number of aryl methyl sites for hydroxylation is 1. The van der Waals surface area contributed by atoms with Crippen LogP contribution in [0.4, 0.5) is 0 Å². The van der Waals surface area contributed by atoms with Gasteiger partial charge in [-0.3, -0.25) is 4.79 Å². The first-order valence-corrected chi connectivity index (χ1v) is 6.71. The summed E-state index contributed by atoms with van der Waals surface area (Å²) in [7, 11) is 0. The molecule has 114 valence electrons. The number of hydrogen-bond donors (Lipinski definition) is 2. The summed E-state index contributed by atoms with van der Waals surface area (Å²) in [5.74, 6) is 1.10. The zero-order chi connectivity index (χ0) is 16.2. The third-order valence-corrected chi connectivity index (χ3v) is 2.72. The summed E-state index contributed by atoms with van der Waals surface area (Å²) in [5, 5.41) is 0. The first kappa shape index (κ1) is 17.0. The van der Waals surface area contributed by atoms with E-state index in [4.69, 9.17) is 20.9 Å². The van der Waals surface area contributed by atoms with Crippen LogP contribution in [0, 0.1) is 24.3 Å². The summed E-state index contributed by atoms with van der Waals surface area (Å²) in [6.45, 7) is 3.60. The van der Waals surface area contributed by atoms with E-state index < -0.39 is 0 Å². The highest BCUT2D eigenvalue weighted by atomic mass is 16.5. The number of carbonyl (C=O) groups excluding carboxylic acids is 1. The molecular formula is C17H18N2O3. The van der Waals surface area contributed by atoms with E-state index in [1.165, 1.54) is 0 Å². The smallest absolute Gasteiger partial charge is 0.144 e. The molecule has 5 nitrogen and oxygen atoms in total. The summed E-state index contributed by atoms with van der Waals surface area (Å²) in [6.07, 6.45) is 8.52. The van der Waals surface area contributed by atoms with Gasteiger partial charge < -0.3 is 20.9 Å².